The summed E-state index contributed by atoms with van der Waals surface area (Å²) < 4.78 is 19.4. The fraction of sp³-hybridized carbons (Fsp3) is 0.174. The second kappa shape index (κ2) is 8.32. The fourth-order valence-electron chi connectivity index (χ4n) is 3.38. The summed E-state index contributed by atoms with van der Waals surface area (Å²) in [6.07, 6.45) is 0. The van der Waals surface area contributed by atoms with Crippen molar-refractivity contribution in [3.63, 3.8) is 0 Å². The predicted octanol–water partition coefficient (Wildman–Crippen LogP) is 4.29. The molecule has 1 aliphatic heterocycles. The van der Waals surface area contributed by atoms with E-state index in [1.165, 1.54) is 12.1 Å². The van der Waals surface area contributed by atoms with E-state index in [0.717, 1.165) is 18.8 Å². The number of phenols is 1. The Hall–Kier alpha value is -3.38. The van der Waals surface area contributed by atoms with Gasteiger partial charge in [-0.15, -0.1) is 0 Å². The number of carbonyl (C=O) groups is 1. The van der Waals surface area contributed by atoms with Crippen LogP contribution >= 0.6 is 0 Å². The van der Waals surface area contributed by atoms with Crippen LogP contribution in [0.3, 0.4) is 0 Å². The number of phenolic OH excluding ortho intramolecular Hbond substituents is 1. The first kappa shape index (κ1) is 19.0. The van der Waals surface area contributed by atoms with Gasteiger partial charge in [-0.1, -0.05) is 30.3 Å². The molecule has 0 spiro atoms. The van der Waals surface area contributed by atoms with Gasteiger partial charge in [0.05, 0.1) is 18.8 Å². The number of nitrogens with one attached hydrogen (secondary N) is 1. The first-order valence-corrected chi connectivity index (χ1v) is 9.44. The fourth-order valence-corrected chi connectivity index (χ4v) is 3.38. The highest BCUT2D eigenvalue weighted by atomic mass is 19.1. The summed E-state index contributed by atoms with van der Waals surface area (Å²) in [6.45, 7) is 2.73. The third-order valence-electron chi connectivity index (χ3n) is 4.91. The number of anilines is 2. The van der Waals surface area contributed by atoms with Crippen molar-refractivity contribution in [2.75, 3.05) is 36.5 Å². The summed E-state index contributed by atoms with van der Waals surface area (Å²) >= 11 is 0. The van der Waals surface area contributed by atoms with Crippen molar-refractivity contribution in [2.24, 2.45) is 0 Å². The lowest BCUT2D eigenvalue weighted by atomic mass is 10.0. The van der Waals surface area contributed by atoms with Crippen LogP contribution in [0.4, 0.5) is 15.8 Å². The van der Waals surface area contributed by atoms with Gasteiger partial charge in [0, 0.05) is 30.0 Å². The molecule has 1 aliphatic rings. The van der Waals surface area contributed by atoms with Gasteiger partial charge in [-0.2, -0.15) is 0 Å². The van der Waals surface area contributed by atoms with Gasteiger partial charge in [0.2, 0.25) is 0 Å². The molecule has 4 rings (SSSR count). The van der Waals surface area contributed by atoms with E-state index in [0.29, 0.717) is 30.0 Å². The van der Waals surface area contributed by atoms with Crippen molar-refractivity contribution in [3.8, 4) is 16.9 Å². The third kappa shape index (κ3) is 4.22. The molecule has 1 saturated heterocycles. The average Bonchev–Trinajstić information content (AvgIpc) is 2.75. The Kier molecular flexibility index (Phi) is 5.44. The van der Waals surface area contributed by atoms with E-state index in [-0.39, 0.29) is 17.1 Å². The Labute approximate surface area is 168 Å². The molecule has 0 unspecified atom stereocenters. The summed E-state index contributed by atoms with van der Waals surface area (Å²) in [5, 5.41) is 13.0. The van der Waals surface area contributed by atoms with Crippen LogP contribution in [0, 0.1) is 5.82 Å². The number of benzene rings is 3. The first-order valence-electron chi connectivity index (χ1n) is 9.44. The number of halogens is 1. The molecule has 29 heavy (non-hydrogen) atoms. The molecule has 1 fully saturated rings. The minimum absolute atomic E-state index is 0.0928. The van der Waals surface area contributed by atoms with Crippen molar-refractivity contribution in [2.45, 2.75) is 0 Å². The molecule has 6 heteroatoms. The van der Waals surface area contributed by atoms with Gasteiger partial charge in [-0.3, -0.25) is 4.79 Å². The van der Waals surface area contributed by atoms with Gasteiger partial charge >= 0.3 is 0 Å². The smallest absolute Gasteiger partial charge is 0.259 e. The molecule has 0 atom stereocenters. The Morgan fingerprint density at radius 1 is 1.00 bits per heavy atom. The topological polar surface area (TPSA) is 61.8 Å². The molecule has 3 aromatic rings. The molecule has 0 radical (unpaired) electrons. The molecule has 5 nitrogen and oxygen atoms in total. The summed E-state index contributed by atoms with van der Waals surface area (Å²) in [6, 6.07) is 18.4. The molecule has 1 heterocycles. The van der Waals surface area contributed by atoms with E-state index in [4.69, 9.17) is 4.74 Å². The number of rotatable bonds is 4. The van der Waals surface area contributed by atoms with Crippen molar-refractivity contribution in [1.82, 2.24) is 0 Å². The number of carbonyl (C=O) groups excluding carboxylic acids is 1. The minimum Gasteiger partial charge on any atom is -0.507 e. The number of morpholine rings is 1. The SMILES string of the molecule is O=C(Nc1cccc(-c2ccccc2F)c1)c1cc(N2CCOCC2)ccc1O. The van der Waals surface area contributed by atoms with E-state index in [9.17, 15) is 14.3 Å². The van der Waals surface area contributed by atoms with Crippen LogP contribution in [0.5, 0.6) is 5.75 Å². The number of ether oxygens (including phenoxy) is 1. The van der Waals surface area contributed by atoms with Gasteiger partial charge in [0.1, 0.15) is 11.6 Å². The van der Waals surface area contributed by atoms with E-state index in [2.05, 4.69) is 10.2 Å². The molecule has 0 aliphatic carbocycles. The monoisotopic (exact) mass is 392 g/mol. The average molecular weight is 392 g/mol. The zero-order valence-corrected chi connectivity index (χ0v) is 15.8. The standard InChI is InChI=1S/C23H21FN2O3/c24-21-7-2-1-6-19(21)16-4-3-5-17(14-16)25-23(28)20-15-18(8-9-22(20)27)26-10-12-29-13-11-26/h1-9,14-15,27H,10-13H2,(H,25,28). The van der Waals surface area contributed by atoms with E-state index in [1.54, 1.807) is 54.6 Å². The molecular weight excluding hydrogens is 371 g/mol. The van der Waals surface area contributed by atoms with Crippen molar-refractivity contribution >= 4 is 17.3 Å². The maximum atomic E-state index is 14.1. The number of amides is 1. The summed E-state index contributed by atoms with van der Waals surface area (Å²) in [5.41, 5.74) is 2.68. The highest BCUT2D eigenvalue weighted by Crippen LogP contribution is 2.28. The first-order chi connectivity index (χ1) is 14.1. The zero-order chi connectivity index (χ0) is 20.2. The number of hydrogen-bond acceptors (Lipinski definition) is 4. The van der Waals surface area contributed by atoms with Crippen LogP contribution in [-0.2, 0) is 4.74 Å². The largest absolute Gasteiger partial charge is 0.507 e. The van der Waals surface area contributed by atoms with Gasteiger partial charge < -0.3 is 20.1 Å². The van der Waals surface area contributed by atoms with Crippen LogP contribution in [0.15, 0.2) is 66.7 Å². The lowest BCUT2D eigenvalue weighted by Crippen LogP contribution is -2.36. The number of nitrogens with zero attached hydrogens (tertiary/aromatic N) is 1. The minimum atomic E-state index is -0.428. The molecule has 0 aromatic heterocycles. The van der Waals surface area contributed by atoms with Crippen LogP contribution in [0.2, 0.25) is 0 Å². The molecule has 2 N–H and O–H groups in total. The summed E-state index contributed by atoms with van der Waals surface area (Å²) in [5.74, 6) is -0.847. The molecule has 1 amide bonds. The van der Waals surface area contributed by atoms with Gasteiger partial charge in [-0.05, 0) is 42.0 Å². The van der Waals surface area contributed by atoms with Gasteiger partial charge in [-0.25, -0.2) is 4.39 Å². The lowest BCUT2D eigenvalue weighted by Gasteiger charge is -2.29. The van der Waals surface area contributed by atoms with Crippen LogP contribution in [0.1, 0.15) is 10.4 Å². The lowest BCUT2D eigenvalue weighted by molar-refractivity contribution is 0.102. The highest BCUT2D eigenvalue weighted by molar-refractivity contribution is 6.07. The second-order valence-electron chi connectivity index (χ2n) is 6.82. The van der Waals surface area contributed by atoms with Gasteiger partial charge in [0.15, 0.2) is 0 Å². The summed E-state index contributed by atoms with van der Waals surface area (Å²) in [7, 11) is 0. The highest BCUT2D eigenvalue weighted by Gasteiger charge is 2.17. The van der Waals surface area contributed by atoms with E-state index < -0.39 is 5.91 Å². The van der Waals surface area contributed by atoms with E-state index >= 15 is 0 Å². The van der Waals surface area contributed by atoms with Crippen LogP contribution in [-0.4, -0.2) is 37.3 Å². The van der Waals surface area contributed by atoms with Crippen molar-refractivity contribution < 1.29 is 19.0 Å². The Bertz CT molecular complexity index is 1030. The maximum absolute atomic E-state index is 14.1. The van der Waals surface area contributed by atoms with Crippen molar-refractivity contribution in [3.05, 3.63) is 78.1 Å². The molecule has 148 valence electrons. The molecular formula is C23H21FN2O3. The normalized spacial score (nSPS) is 13.9. The quantitative estimate of drug-likeness (QED) is 0.696. The summed E-state index contributed by atoms with van der Waals surface area (Å²) in [4.78, 5) is 14.9. The maximum Gasteiger partial charge on any atom is 0.259 e. The Balaban J connectivity index is 1.57. The van der Waals surface area contributed by atoms with E-state index in [1.807, 2.05) is 0 Å². The number of hydrogen-bond donors (Lipinski definition) is 2. The third-order valence-corrected chi connectivity index (χ3v) is 4.91. The molecule has 3 aromatic carbocycles. The van der Waals surface area contributed by atoms with Crippen molar-refractivity contribution in [1.29, 1.82) is 0 Å². The Morgan fingerprint density at radius 2 is 1.79 bits per heavy atom. The second-order valence-corrected chi connectivity index (χ2v) is 6.82. The van der Waals surface area contributed by atoms with Gasteiger partial charge in [0.25, 0.3) is 5.91 Å². The molecule has 0 bridgehead atoms. The Morgan fingerprint density at radius 3 is 2.59 bits per heavy atom. The number of aromatic hydroxyl groups is 1. The predicted molar refractivity (Wildman–Crippen MR) is 111 cm³/mol. The zero-order valence-electron chi connectivity index (χ0n) is 15.8. The molecule has 0 saturated carbocycles. The van der Waals surface area contributed by atoms with Crippen LogP contribution in [0.25, 0.3) is 11.1 Å². The van der Waals surface area contributed by atoms with Crippen LogP contribution < -0.4 is 10.2 Å².